The fourth-order valence-corrected chi connectivity index (χ4v) is 4.29. The second-order valence-electron chi connectivity index (χ2n) is 7.60. The number of ether oxygens (including phenoxy) is 1. The van der Waals surface area contributed by atoms with Crippen molar-refractivity contribution in [3.05, 3.63) is 64.5 Å². The molecule has 3 aliphatic rings. The van der Waals surface area contributed by atoms with Crippen molar-refractivity contribution >= 4 is 22.9 Å². The van der Waals surface area contributed by atoms with E-state index in [2.05, 4.69) is 16.3 Å². The molecule has 28 heavy (non-hydrogen) atoms. The zero-order chi connectivity index (χ0) is 19.3. The van der Waals surface area contributed by atoms with Gasteiger partial charge in [-0.25, -0.2) is 8.78 Å². The first-order chi connectivity index (χ1) is 13.6. The average molecular weight is 382 g/mol. The Bertz CT molecular complexity index is 1000. The highest BCUT2D eigenvalue weighted by Gasteiger charge is 2.33. The quantitative estimate of drug-likeness (QED) is 0.795. The van der Waals surface area contributed by atoms with E-state index in [1.54, 1.807) is 6.07 Å². The van der Waals surface area contributed by atoms with E-state index in [1.165, 1.54) is 12.1 Å². The number of anilines is 1. The van der Waals surface area contributed by atoms with E-state index >= 15 is 0 Å². The van der Waals surface area contributed by atoms with Gasteiger partial charge in [-0.15, -0.1) is 0 Å². The van der Waals surface area contributed by atoms with Crippen LogP contribution in [0.5, 0.6) is 0 Å². The van der Waals surface area contributed by atoms with Gasteiger partial charge in [0.1, 0.15) is 24.4 Å². The molecule has 0 aromatic heterocycles. The van der Waals surface area contributed by atoms with Crippen LogP contribution in [-0.4, -0.2) is 30.1 Å². The van der Waals surface area contributed by atoms with Gasteiger partial charge < -0.3 is 10.1 Å². The van der Waals surface area contributed by atoms with E-state index < -0.39 is 12.0 Å². The number of piperidine rings is 1. The molecular weight excluding hydrogens is 362 g/mol. The van der Waals surface area contributed by atoms with E-state index in [0.717, 1.165) is 29.7 Å². The van der Waals surface area contributed by atoms with Gasteiger partial charge in [-0.3, -0.25) is 9.69 Å². The fourth-order valence-electron chi connectivity index (χ4n) is 4.29. The van der Waals surface area contributed by atoms with E-state index in [4.69, 9.17) is 4.74 Å². The van der Waals surface area contributed by atoms with Crippen molar-refractivity contribution in [2.24, 2.45) is 0 Å². The van der Waals surface area contributed by atoms with Crippen LogP contribution in [0.3, 0.4) is 0 Å². The van der Waals surface area contributed by atoms with E-state index in [9.17, 15) is 13.6 Å². The number of halogens is 2. The van der Waals surface area contributed by atoms with Crippen LogP contribution in [0.25, 0.3) is 11.3 Å². The predicted octanol–water partition coefficient (Wildman–Crippen LogP) is 4.11. The molecule has 0 aliphatic carbocycles. The molecule has 0 radical (unpaired) electrons. The van der Waals surface area contributed by atoms with Gasteiger partial charge >= 0.3 is 0 Å². The van der Waals surface area contributed by atoms with Crippen LogP contribution < -0.4 is 5.32 Å². The number of fused-ring (bicyclic) bond motifs is 2. The minimum Gasteiger partial charge on any atom is -0.487 e. The number of nitrogens with one attached hydrogen (secondary N) is 1. The summed E-state index contributed by atoms with van der Waals surface area (Å²) in [6.45, 7) is 2.46. The summed E-state index contributed by atoms with van der Waals surface area (Å²) in [4.78, 5) is 14.6. The van der Waals surface area contributed by atoms with Gasteiger partial charge in [-0.05, 0) is 43.1 Å². The molecule has 2 aromatic carbocycles. The van der Waals surface area contributed by atoms with Crippen molar-refractivity contribution in [2.45, 2.75) is 32.2 Å². The zero-order valence-electron chi connectivity index (χ0n) is 15.3. The highest BCUT2D eigenvalue weighted by atomic mass is 19.1. The first-order valence-electron chi connectivity index (χ1n) is 9.55. The molecule has 2 aromatic rings. The van der Waals surface area contributed by atoms with Crippen molar-refractivity contribution in [1.82, 2.24) is 4.90 Å². The van der Waals surface area contributed by atoms with Gasteiger partial charge in [-0.1, -0.05) is 18.2 Å². The summed E-state index contributed by atoms with van der Waals surface area (Å²) < 4.78 is 33.2. The Morgan fingerprint density at radius 3 is 2.93 bits per heavy atom. The summed E-state index contributed by atoms with van der Waals surface area (Å²) >= 11 is 0. The summed E-state index contributed by atoms with van der Waals surface area (Å²) in [5, 5.41) is 2.77. The van der Waals surface area contributed by atoms with Crippen LogP contribution in [0, 0.1) is 5.82 Å². The molecule has 1 N–H and O–H groups in total. The second kappa shape index (κ2) is 6.71. The van der Waals surface area contributed by atoms with Crippen molar-refractivity contribution < 1.29 is 18.3 Å². The van der Waals surface area contributed by atoms with Crippen molar-refractivity contribution in [1.29, 1.82) is 0 Å². The molecule has 0 saturated carbocycles. The maximum atomic E-state index is 13.7. The van der Waals surface area contributed by atoms with Crippen molar-refractivity contribution in [3.63, 3.8) is 0 Å². The zero-order valence-corrected chi connectivity index (χ0v) is 15.3. The maximum Gasteiger partial charge on any atom is 0.260 e. The molecule has 3 heterocycles. The number of hydrogen-bond acceptors (Lipinski definition) is 3. The Morgan fingerprint density at radius 2 is 2.07 bits per heavy atom. The lowest BCUT2D eigenvalue weighted by atomic mass is 9.98. The number of benzene rings is 2. The predicted molar refractivity (Wildman–Crippen MR) is 102 cm³/mol. The van der Waals surface area contributed by atoms with Crippen molar-refractivity contribution in [3.8, 4) is 0 Å². The molecule has 1 atom stereocenters. The van der Waals surface area contributed by atoms with Gasteiger partial charge in [0, 0.05) is 35.5 Å². The molecule has 1 unspecified atom stereocenters. The number of hydrogen-bond donors (Lipinski definition) is 1. The summed E-state index contributed by atoms with van der Waals surface area (Å²) in [6.07, 6.45) is 0.788. The fraction of sp³-hybridized carbons (Fsp3) is 0.318. The summed E-state index contributed by atoms with van der Waals surface area (Å²) in [5.41, 5.74) is 4.44. The number of nitrogens with zero attached hydrogens (tertiary/aromatic N) is 1. The summed E-state index contributed by atoms with van der Waals surface area (Å²) in [6, 6.07) is 10.2. The molecule has 0 bridgehead atoms. The highest BCUT2D eigenvalue weighted by molar-refractivity contribution is 6.36. The van der Waals surface area contributed by atoms with Crippen LogP contribution in [0.2, 0.25) is 0 Å². The number of carbonyl (C=O) groups is 1. The molecule has 1 saturated heterocycles. The van der Waals surface area contributed by atoms with Gasteiger partial charge in [0.2, 0.25) is 0 Å². The molecule has 1 amide bonds. The third-order valence-electron chi connectivity index (χ3n) is 5.59. The summed E-state index contributed by atoms with van der Waals surface area (Å²) in [5.74, 6) is -0.186. The van der Waals surface area contributed by atoms with E-state index in [0.29, 0.717) is 48.7 Å². The Balaban J connectivity index is 1.47. The van der Waals surface area contributed by atoms with E-state index in [-0.39, 0.29) is 5.91 Å². The lowest BCUT2D eigenvalue weighted by molar-refractivity contribution is -0.110. The van der Waals surface area contributed by atoms with Gasteiger partial charge in [0.05, 0.1) is 5.57 Å². The maximum absolute atomic E-state index is 13.7. The minimum atomic E-state index is -0.746. The van der Waals surface area contributed by atoms with Crippen LogP contribution >= 0.6 is 0 Å². The largest absolute Gasteiger partial charge is 0.487 e. The SMILES string of the molecule is O=C1Nc2ccc(F)cc2C1=C1OCc2cc(CN3CCCC(F)C3)ccc21. The Kier molecular flexibility index (Phi) is 4.16. The van der Waals surface area contributed by atoms with E-state index in [1.807, 2.05) is 12.1 Å². The standard InChI is InChI=1S/C22H20F2N2O2/c23-15-4-6-19-18(9-15)20(22(27)25-19)21-17-5-3-13(8-14(17)12-28-21)10-26-7-1-2-16(24)11-26/h3-6,8-9,16H,1-2,7,10-12H2,(H,25,27). The molecule has 6 heteroatoms. The molecule has 5 rings (SSSR count). The topological polar surface area (TPSA) is 41.6 Å². The lowest BCUT2D eigenvalue weighted by Gasteiger charge is -2.28. The number of carbonyl (C=O) groups excluding carboxylic acids is 1. The normalized spacial score (nSPS) is 23.9. The molecule has 4 nitrogen and oxygen atoms in total. The number of rotatable bonds is 2. The first-order valence-corrected chi connectivity index (χ1v) is 9.55. The van der Waals surface area contributed by atoms with Crippen LogP contribution in [0.4, 0.5) is 14.5 Å². The van der Waals surface area contributed by atoms with Gasteiger partial charge in [0.25, 0.3) is 5.91 Å². The Hall–Kier alpha value is -2.73. The van der Waals surface area contributed by atoms with Crippen LogP contribution in [-0.2, 0) is 22.7 Å². The number of alkyl halides is 1. The Morgan fingerprint density at radius 1 is 1.18 bits per heavy atom. The van der Waals surface area contributed by atoms with Gasteiger partial charge in [-0.2, -0.15) is 0 Å². The first kappa shape index (κ1) is 17.4. The monoisotopic (exact) mass is 382 g/mol. The number of likely N-dealkylation sites (tertiary alicyclic amines) is 1. The van der Waals surface area contributed by atoms with Crippen LogP contribution in [0.15, 0.2) is 36.4 Å². The molecule has 0 spiro atoms. The molecule has 3 aliphatic heterocycles. The third-order valence-corrected chi connectivity index (χ3v) is 5.59. The second-order valence-corrected chi connectivity index (χ2v) is 7.60. The van der Waals surface area contributed by atoms with Crippen LogP contribution in [0.1, 0.15) is 35.1 Å². The molecular formula is C22H20F2N2O2. The Labute approximate surface area is 161 Å². The smallest absolute Gasteiger partial charge is 0.260 e. The summed E-state index contributed by atoms with van der Waals surface area (Å²) in [7, 11) is 0. The molecule has 144 valence electrons. The minimum absolute atomic E-state index is 0.283. The van der Waals surface area contributed by atoms with Gasteiger partial charge in [0.15, 0.2) is 0 Å². The number of amides is 1. The molecule has 1 fully saturated rings. The van der Waals surface area contributed by atoms with Crippen molar-refractivity contribution in [2.75, 3.05) is 18.4 Å². The third kappa shape index (κ3) is 2.98. The lowest BCUT2D eigenvalue weighted by Crippen LogP contribution is -2.35. The average Bonchev–Trinajstić information content (AvgIpc) is 3.21. The highest BCUT2D eigenvalue weighted by Crippen LogP contribution is 2.42.